The summed E-state index contributed by atoms with van der Waals surface area (Å²) in [6, 6.07) is 18.1. The monoisotopic (exact) mass is 434 g/mol. The average Bonchev–Trinajstić information content (AvgIpc) is 3.06. The normalized spacial score (nSPS) is 11.6. The maximum atomic E-state index is 12.9. The number of para-hydroxylation sites is 2. The SMILES string of the molecule is Cc1cnc2c(S(=O)(=O)NNC(=O)c3cc(C)n(-c4ccccc4)c3C)cccc2c1. The van der Waals surface area contributed by atoms with Crippen molar-refractivity contribution in [2.45, 2.75) is 25.7 Å². The van der Waals surface area contributed by atoms with Crippen LogP contribution in [-0.2, 0) is 10.0 Å². The third kappa shape index (κ3) is 3.95. The van der Waals surface area contributed by atoms with Gasteiger partial charge in [-0.25, -0.2) is 8.42 Å². The first-order valence-electron chi connectivity index (χ1n) is 9.70. The predicted octanol–water partition coefficient (Wildman–Crippen LogP) is 3.57. The Labute approximate surface area is 180 Å². The Bertz CT molecular complexity index is 1390. The number of carbonyl (C=O) groups excluding carboxylic acids is 1. The number of aromatic nitrogens is 2. The highest BCUT2D eigenvalue weighted by atomic mass is 32.2. The van der Waals surface area contributed by atoms with Crippen LogP contribution in [0.15, 0.2) is 71.8 Å². The average molecular weight is 435 g/mol. The number of pyridine rings is 1. The van der Waals surface area contributed by atoms with Gasteiger partial charge in [0.2, 0.25) is 0 Å². The highest BCUT2D eigenvalue weighted by molar-refractivity contribution is 7.89. The number of hydrazine groups is 1. The first-order chi connectivity index (χ1) is 14.8. The second kappa shape index (κ2) is 7.98. The predicted molar refractivity (Wildman–Crippen MR) is 120 cm³/mol. The van der Waals surface area contributed by atoms with Crippen LogP contribution in [-0.4, -0.2) is 23.9 Å². The van der Waals surface area contributed by atoms with E-state index in [2.05, 4.69) is 15.2 Å². The number of carbonyl (C=O) groups is 1. The molecule has 0 aliphatic carbocycles. The van der Waals surface area contributed by atoms with Crippen LogP contribution >= 0.6 is 0 Å². The lowest BCUT2D eigenvalue weighted by atomic mass is 10.2. The third-order valence-electron chi connectivity index (χ3n) is 5.09. The van der Waals surface area contributed by atoms with Crippen molar-refractivity contribution < 1.29 is 13.2 Å². The van der Waals surface area contributed by atoms with Crippen molar-refractivity contribution in [3.05, 3.63) is 89.4 Å². The van der Waals surface area contributed by atoms with Crippen LogP contribution in [0, 0.1) is 20.8 Å². The van der Waals surface area contributed by atoms with Gasteiger partial charge in [0, 0.05) is 28.7 Å². The zero-order valence-electron chi connectivity index (χ0n) is 17.4. The lowest BCUT2D eigenvalue weighted by molar-refractivity contribution is 0.0944. The summed E-state index contributed by atoms with van der Waals surface area (Å²) in [6.45, 7) is 5.60. The van der Waals surface area contributed by atoms with E-state index >= 15 is 0 Å². The van der Waals surface area contributed by atoms with Gasteiger partial charge < -0.3 is 4.57 Å². The Morgan fingerprint density at radius 2 is 1.71 bits per heavy atom. The number of nitrogens with one attached hydrogen (secondary N) is 2. The van der Waals surface area contributed by atoms with E-state index in [-0.39, 0.29) is 4.90 Å². The molecule has 2 heterocycles. The molecule has 0 unspecified atom stereocenters. The van der Waals surface area contributed by atoms with Crippen LogP contribution < -0.4 is 10.3 Å². The summed E-state index contributed by atoms with van der Waals surface area (Å²) in [7, 11) is -4.02. The molecule has 2 aromatic heterocycles. The summed E-state index contributed by atoms with van der Waals surface area (Å²) in [5, 5.41) is 0.709. The molecule has 4 aromatic rings. The van der Waals surface area contributed by atoms with E-state index in [1.807, 2.05) is 61.7 Å². The van der Waals surface area contributed by atoms with E-state index in [4.69, 9.17) is 0 Å². The zero-order chi connectivity index (χ0) is 22.2. The summed E-state index contributed by atoms with van der Waals surface area (Å²) < 4.78 is 27.7. The molecule has 4 rings (SSSR count). The maximum Gasteiger partial charge on any atom is 0.268 e. The van der Waals surface area contributed by atoms with Gasteiger partial charge in [-0.15, -0.1) is 4.83 Å². The van der Waals surface area contributed by atoms with Crippen LogP contribution in [0.1, 0.15) is 27.3 Å². The molecule has 2 aromatic carbocycles. The second-order valence-corrected chi connectivity index (χ2v) is 9.01. The Hall–Kier alpha value is -3.49. The van der Waals surface area contributed by atoms with Crippen molar-refractivity contribution in [1.82, 2.24) is 19.8 Å². The van der Waals surface area contributed by atoms with Gasteiger partial charge in [0.15, 0.2) is 0 Å². The molecule has 0 aliphatic rings. The molecule has 0 fully saturated rings. The van der Waals surface area contributed by atoms with Crippen molar-refractivity contribution in [2.24, 2.45) is 0 Å². The zero-order valence-corrected chi connectivity index (χ0v) is 18.2. The summed E-state index contributed by atoms with van der Waals surface area (Å²) in [5.74, 6) is -0.539. The van der Waals surface area contributed by atoms with Gasteiger partial charge in [-0.2, -0.15) is 0 Å². The van der Waals surface area contributed by atoms with E-state index in [0.717, 1.165) is 16.9 Å². The number of amides is 1. The molecule has 1 amide bonds. The van der Waals surface area contributed by atoms with Crippen molar-refractivity contribution in [3.8, 4) is 5.69 Å². The molecular formula is C23H22N4O3S. The number of sulfonamides is 1. The van der Waals surface area contributed by atoms with E-state index in [1.165, 1.54) is 6.07 Å². The number of hydrogen-bond donors (Lipinski definition) is 2. The van der Waals surface area contributed by atoms with Gasteiger partial charge >= 0.3 is 0 Å². The number of rotatable bonds is 5. The van der Waals surface area contributed by atoms with E-state index in [1.54, 1.807) is 24.4 Å². The molecular weight excluding hydrogens is 412 g/mol. The van der Waals surface area contributed by atoms with Crippen LogP contribution in [0.2, 0.25) is 0 Å². The van der Waals surface area contributed by atoms with Gasteiger partial charge in [-0.05, 0) is 56.7 Å². The van der Waals surface area contributed by atoms with Gasteiger partial charge in [-0.1, -0.05) is 30.3 Å². The fourth-order valence-electron chi connectivity index (χ4n) is 3.66. The van der Waals surface area contributed by atoms with Crippen molar-refractivity contribution in [3.63, 3.8) is 0 Å². The number of fused-ring (bicyclic) bond motifs is 1. The molecule has 0 bridgehead atoms. The molecule has 0 saturated carbocycles. The lowest BCUT2D eigenvalue weighted by Gasteiger charge is -2.11. The van der Waals surface area contributed by atoms with Gasteiger partial charge in [0.1, 0.15) is 4.90 Å². The van der Waals surface area contributed by atoms with Crippen LogP contribution in [0.25, 0.3) is 16.6 Å². The Kier molecular flexibility index (Phi) is 5.34. The molecule has 2 N–H and O–H groups in total. The van der Waals surface area contributed by atoms with Crippen molar-refractivity contribution >= 4 is 26.8 Å². The minimum Gasteiger partial charge on any atom is -0.318 e. The van der Waals surface area contributed by atoms with Gasteiger partial charge in [-0.3, -0.25) is 15.2 Å². The molecule has 158 valence electrons. The lowest BCUT2D eigenvalue weighted by Crippen LogP contribution is -2.41. The summed E-state index contributed by atoms with van der Waals surface area (Å²) in [5.41, 5.74) is 6.49. The molecule has 0 saturated heterocycles. The third-order valence-corrected chi connectivity index (χ3v) is 6.37. The standard InChI is InChI=1S/C23H22N4O3S/c1-15-12-18-8-7-11-21(22(18)24-14-15)31(29,30)26-25-23(28)20-13-16(2)27(17(20)3)19-9-5-4-6-10-19/h4-14,26H,1-3H3,(H,25,28). The first kappa shape index (κ1) is 20.8. The topological polar surface area (TPSA) is 93.1 Å². The smallest absolute Gasteiger partial charge is 0.268 e. The molecule has 0 atom stereocenters. The van der Waals surface area contributed by atoms with Crippen LogP contribution in [0.5, 0.6) is 0 Å². The van der Waals surface area contributed by atoms with Crippen molar-refractivity contribution in [2.75, 3.05) is 0 Å². The number of nitrogens with zero attached hydrogens (tertiary/aromatic N) is 2. The molecule has 8 heteroatoms. The van der Waals surface area contributed by atoms with E-state index < -0.39 is 15.9 Å². The molecule has 7 nitrogen and oxygen atoms in total. The second-order valence-electron chi connectivity index (χ2n) is 7.36. The quantitative estimate of drug-likeness (QED) is 0.470. The summed E-state index contributed by atoms with van der Waals surface area (Å²) in [4.78, 5) is 19.2. The maximum absolute atomic E-state index is 12.9. The minimum atomic E-state index is -4.02. The van der Waals surface area contributed by atoms with Crippen molar-refractivity contribution in [1.29, 1.82) is 0 Å². The Balaban J connectivity index is 1.60. The fraction of sp³-hybridized carbons (Fsp3) is 0.130. The van der Waals surface area contributed by atoms with Crippen LogP contribution in [0.4, 0.5) is 0 Å². The molecule has 0 aliphatic heterocycles. The molecule has 0 spiro atoms. The number of hydrogen-bond acceptors (Lipinski definition) is 4. The highest BCUT2D eigenvalue weighted by Gasteiger charge is 2.22. The molecule has 31 heavy (non-hydrogen) atoms. The van der Waals surface area contributed by atoms with Gasteiger partial charge in [0.25, 0.3) is 15.9 Å². The Morgan fingerprint density at radius 3 is 2.45 bits per heavy atom. The Morgan fingerprint density at radius 1 is 0.968 bits per heavy atom. The van der Waals surface area contributed by atoms with Crippen LogP contribution in [0.3, 0.4) is 0 Å². The van der Waals surface area contributed by atoms with E-state index in [9.17, 15) is 13.2 Å². The minimum absolute atomic E-state index is 0.0000539. The number of benzene rings is 2. The van der Waals surface area contributed by atoms with E-state index in [0.29, 0.717) is 22.2 Å². The summed E-state index contributed by atoms with van der Waals surface area (Å²) >= 11 is 0. The summed E-state index contributed by atoms with van der Waals surface area (Å²) in [6.07, 6.45) is 1.61. The molecule has 0 radical (unpaired) electrons. The van der Waals surface area contributed by atoms with Gasteiger partial charge in [0.05, 0.1) is 11.1 Å². The number of aryl methyl sites for hydroxylation is 2. The largest absolute Gasteiger partial charge is 0.318 e. The fourth-order valence-corrected chi connectivity index (χ4v) is 4.68. The highest BCUT2D eigenvalue weighted by Crippen LogP contribution is 2.22. The first-order valence-corrected chi connectivity index (χ1v) is 11.2.